The molecule has 0 spiro atoms. The molecule has 0 fully saturated rings. The van der Waals surface area contributed by atoms with Crippen molar-refractivity contribution < 1.29 is 0 Å². The minimum atomic E-state index is 0.0598. The first-order valence-corrected chi connectivity index (χ1v) is 7.79. The Bertz CT molecular complexity index is 620. The van der Waals surface area contributed by atoms with Crippen LogP contribution >= 0.6 is 0 Å². The van der Waals surface area contributed by atoms with E-state index in [-0.39, 0.29) is 6.04 Å². The maximum absolute atomic E-state index is 6.49. The Morgan fingerprint density at radius 1 is 1.14 bits per heavy atom. The number of aryl methyl sites for hydroxylation is 1. The molecule has 1 aliphatic heterocycles. The lowest BCUT2D eigenvalue weighted by molar-refractivity contribution is 0.514. The molecule has 2 unspecified atom stereocenters. The third-order valence-corrected chi connectivity index (χ3v) is 4.44. The van der Waals surface area contributed by atoms with Gasteiger partial charge in [-0.15, -0.1) is 0 Å². The van der Waals surface area contributed by atoms with Crippen LogP contribution in [0.25, 0.3) is 0 Å². The Labute approximate surface area is 127 Å². The molecule has 0 saturated heterocycles. The molecule has 2 nitrogen and oxygen atoms in total. The van der Waals surface area contributed by atoms with Gasteiger partial charge in [-0.05, 0) is 42.0 Å². The summed E-state index contributed by atoms with van der Waals surface area (Å²) in [5.74, 6) is 0.684. The second-order valence-corrected chi connectivity index (χ2v) is 6.31. The zero-order valence-corrected chi connectivity index (χ0v) is 12.9. The van der Waals surface area contributed by atoms with E-state index in [0.29, 0.717) is 5.92 Å². The van der Waals surface area contributed by atoms with Gasteiger partial charge in [-0.3, -0.25) is 0 Å². The van der Waals surface area contributed by atoms with E-state index in [9.17, 15) is 0 Å². The fraction of sp³-hybridized carbons (Fsp3) is 0.368. The standard InChI is InChI=1S/C19H24N2/c1-14-11-16-8-4-6-10-19(16)21(12-14)13-18(20)17-9-5-3-7-15(17)2/h3-10,14,18H,11-13,20H2,1-2H3. The normalized spacial score (nSPS) is 19.2. The van der Waals surface area contributed by atoms with Crippen LogP contribution in [0.5, 0.6) is 0 Å². The van der Waals surface area contributed by atoms with Crippen LogP contribution in [0.4, 0.5) is 5.69 Å². The first kappa shape index (κ1) is 14.2. The highest BCUT2D eigenvalue weighted by Gasteiger charge is 2.23. The van der Waals surface area contributed by atoms with Crippen LogP contribution in [0.3, 0.4) is 0 Å². The average Bonchev–Trinajstić information content (AvgIpc) is 2.47. The molecule has 2 N–H and O–H groups in total. The van der Waals surface area contributed by atoms with Crippen molar-refractivity contribution in [3.8, 4) is 0 Å². The molecular weight excluding hydrogens is 256 g/mol. The van der Waals surface area contributed by atoms with E-state index in [1.807, 2.05) is 0 Å². The Kier molecular flexibility index (Phi) is 3.98. The molecule has 2 heteroatoms. The first-order chi connectivity index (χ1) is 10.1. The highest BCUT2D eigenvalue weighted by Crippen LogP contribution is 2.30. The summed E-state index contributed by atoms with van der Waals surface area (Å²) in [6.45, 7) is 6.44. The number of hydrogen-bond donors (Lipinski definition) is 1. The van der Waals surface area contributed by atoms with E-state index in [1.54, 1.807) is 0 Å². The Hall–Kier alpha value is -1.80. The minimum Gasteiger partial charge on any atom is -0.369 e. The van der Waals surface area contributed by atoms with Crippen molar-refractivity contribution in [2.24, 2.45) is 11.7 Å². The quantitative estimate of drug-likeness (QED) is 0.929. The largest absolute Gasteiger partial charge is 0.369 e. The molecule has 3 rings (SSSR count). The van der Waals surface area contributed by atoms with Crippen molar-refractivity contribution >= 4 is 5.69 Å². The number of nitrogens with two attached hydrogens (primary N) is 1. The van der Waals surface area contributed by atoms with Crippen molar-refractivity contribution in [1.29, 1.82) is 0 Å². The topological polar surface area (TPSA) is 29.3 Å². The molecule has 2 aromatic carbocycles. The first-order valence-electron chi connectivity index (χ1n) is 7.79. The van der Waals surface area contributed by atoms with Gasteiger partial charge in [0.1, 0.15) is 0 Å². The van der Waals surface area contributed by atoms with Crippen LogP contribution in [-0.2, 0) is 6.42 Å². The van der Waals surface area contributed by atoms with Gasteiger partial charge in [-0.25, -0.2) is 0 Å². The number of para-hydroxylation sites is 1. The van der Waals surface area contributed by atoms with Crippen molar-refractivity contribution in [1.82, 2.24) is 0 Å². The van der Waals surface area contributed by atoms with Crippen LogP contribution in [0.1, 0.15) is 29.7 Å². The predicted molar refractivity (Wildman–Crippen MR) is 89.6 cm³/mol. The second-order valence-electron chi connectivity index (χ2n) is 6.31. The number of nitrogens with zero attached hydrogens (tertiary/aromatic N) is 1. The van der Waals surface area contributed by atoms with Crippen molar-refractivity contribution in [2.45, 2.75) is 26.3 Å². The highest BCUT2D eigenvalue weighted by molar-refractivity contribution is 5.56. The van der Waals surface area contributed by atoms with Crippen molar-refractivity contribution in [3.05, 3.63) is 65.2 Å². The molecule has 0 aromatic heterocycles. The van der Waals surface area contributed by atoms with Gasteiger partial charge >= 0.3 is 0 Å². The Balaban J connectivity index is 1.83. The van der Waals surface area contributed by atoms with Gasteiger partial charge in [0, 0.05) is 24.8 Å². The van der Waals surface area contributed by atoms with Gasteiger partial charge in [0.25, 0.3) is 0 Å². The zero-order valence-electron chi connectivity index (χ0n) is 12.9. The maximum atomic E-state index is 6.49. The molecule has 0 aliphatic carbocycles. The highest BCUT2D eigenvalue weighted by atomic mass is 15.2. The number of anilines is 1. The molecule has 1 aliphatic rings. The average molecular weight is 280 g/mol. The molecule has 2 atom stereocenters. The number of benzene rings is 2. The molecule has 0 radical (unpaired) electrons. The van der Waals surface area contributed by atoms with Crippen LogP contribution in [0.2, 0.25) is 0 Å². The molecule has 1 heterocycles. The summed E-state index contributed by atoms with van der Waals surface area (Å²) in [6.07, 6.45) is 1.17. The number of hydrogen-bond acceptors (Lipinski definition) is 2. The van der Waals surface area contributed by atoms with Gasteiger partial charge in [-0.1, -0.05) is 49.4 Å². The fourth-order valence-electron chi connectivity index (χ4n) is 3.42. The molecule has 21 heavy (non-hydrogen) atoms. The summed E-state index contributed by atoms with van der Waals surface area (Å²) in [7, 11) is 0. The van der Waals surface area contributed by atoms with Crippen LogP contribution in [0.15, 0.2) is 48.5 Å². The summed E-state index contributed by atoms with van der Waals surface area (Å²) >= 11 is 0. The SMILES string of the molecule is Cc1ccccc1C(N)CN1CC(C)Cc2ccccc21. The van der Waals surface area contributed by atoms with Crippen LogP contribution in [-0.4, -0.2) is 13.1 Å². The fourth-order valence-corrected chi connectivity index (χ4v) is 3.42. The van der Waals surface area contributed by atoms with E-state index in [1.165, 1.54) is 28.8 Å². The molecule has 2 aromatic rings. The van der Waals surface area contributed by atoms with Gasteiger partial charge in [0.05, 0.1) is 0 Å². The second kappa shape index (κ2) is 5.90. The molecule has 110 valence electrons. The van der Waals surface area contributed by atoms with E-state index >= 15 is 0 Å². The summed E-state index contributed by atoms with van der Waals surface area (Å²) in [5.41, 5.74) is 11.8. The van der Waals surface area contributed by atoms with E-state index in [4.69, 9.17) is 5.73 Å². The van der Waals surface area contributed by atoms with Crippen molar-refractivity contribution in [3.63, 3.8) is 0 Å². The molecule has 0 amide bonds. The smallest absolute Gasteiger partial charge is 0.0475 e. The summed E-state index contributed by atoms with van der Waals surface area (Å²) in [6, 6.07) is 17.2. The Morgan fingerprint density at radius 2 is 1.86 bits per heavy atom. The zero-order chi connectivity index (χ0) is 14.8. The minimum absolute atomic E-state index is 0.0598. The summed E-state index contributed by atoms with van der Waals surface area (Å²) in [4.78, 5) is 2.46. The van der Waals surface area contributed by atoms with Gasteiger partial charge in [0.15, 0.2) is 0 Å². The molecule has 0 saturated carbocycles. The van der Waals surface area contributed by atoms with Crippen LogP contribution in [0, 0.1) is 12.8 Å². The van der Waals surface area contributed by atoms with Gasteiger partial charge in [-0.2, -0.15) is 0 Å². The molecular formula is C19H24N2. The summed E-state index contributed by atoms with van der Waals surface area (Å²) in [5, 5.41) is 0. The lowest BCUT2D eigenvalue weighted by atomic mass is 9.93. The van der Waals surface area contributed by atoms with Gasteiger partial charge < -0.3 is 10.6 Å². The summed E-state index contributed by atoms with van der Waals surface area (Å²) < 4.78 is 0. The van der Waals surface area contributed by atoms with E-state index in [0.717, 1.165) is 13.1 Å². The number of rotatable bonds is 3. The lowest BCUT2D eigenvalue weighted by Gasteiger charge is -2.36. The predicted octanol–water partition coefficient (Wildman–Crippen LogP) is 3.69. The lowest BCUT2D eigenvalue weighted by Crippen LogP contribution is -2.39. The van der Waals surface area contributed by atoms with E-state index < -0.39 is 0 Å². The maximum Gasteiger partial charge on any atom is 0.0475 e. The van der Waals surface area contributed by atoms with Crippen molar-refractivity contribution in [2.75, 3.05) is 18.0 Å². The van der Waals surface area contributed by atoms with E-state index in [2.05, 4.69) is 67.3 Å². The third-order valence-electron chi connectivity index (χ3n) is 4.44. The van der Waals surface area contributed by atoms with Gasteiger partial charge in [0.2, 0.25) is 0 Å². The molecule has 0 bridgehead atoms. The Morgan fingerprint density at radius 3 is 2.67 bits per heavy atom. The van der Waals surface area contributed by atoms with Crippen LogP contribution < -0.4 is 10.6 Å². The number of fused-ring (bicyclic) bond motifs is 1. The third kappa shape index (κ3) is 2.96. The monoisotopic (exact) mass is 280 g/mol.